The van der Waals surface area contributed by atoms with Gasteiger partial charge in [-0.25, -0.2) is 8.78 Å². The van der Waals surface area contributed by atoms with Crippen molar-refractivity contribution >= 4 is 0 Å². The van der Waals surface area contributed by atoms with E-state index in [-0.39, 0.29) is 6.42 Å². The summed E-state index contributed by atoms with van der Waals surface area (Å²) >= 11 is 0. The Morgan fingerprint density at radius 3 is 1.93 bits per heavy atom. The third-order valence-electron chi connectivity index (χ3n) is 2.77. The Hall–Kier alpha value is -0.180. The lowest BCUT2D eigenvalue weighted by atomic mass is 9.98. The number of unbranched alkanes of at least 4 members (excludes halogenated alkanes) is 3. The van der Waals surface area contributed by atoms with Gasteiger partial charge in [-0.3, -0.25) is 0 Å². The normalized spacial score (nSPS) is 13.4. The summed E-state index contributed by atoms with van der Waals surface area (Å²) in [4.78, 5) is 0. The highest BCUT2D eigenvalue weighted by Gasteiger charge is 2.03. The van der Waals surface area contributed by atoms with Crippen LogP contribution in [0.3, 0.4) is 0 Å². The van der Waals surface area contributed by atoms with E-state index in [9.17, 15) is 8.78 Å². The van der Waals surface area contributed by atoms with E-state index in [0.717, 1.165) is 31.7 Å². The van der Waals surface area contributed by atoms with Crippen molar-refractivity contribution in [2.45, 2.75) is 64.7 Å². The Morgan fingerprint density at radius 2 is 1.40 bits per heavy atom. The molecular weight excluding hydrogens is 196 g/mol. The van der Waals surface area contributed by atoms with Crippen LogP contribution in [0.5, 0.6) is 0 Å². The van der Waals surface area contributed by atoms with Gasteiger partial charge in [0.2, 0.25) is 6.43 Å². The van der Waals surface area contributed by atoms with Gasteiger partial charge < -0.3 is 5.73 Å². The smallest absolute Gasteiger partial charge is 0.238 e. The van der Waals surface area contributed by atoms with Gasteiger partial charge in [0.1, 0.15) is 0 Å². The maximum Gasteiger partial charge on any atom is 0.238 e. The Kier molecular flexibility index (Phi) is 10.2. The zero-order valence-electron chi connectivity index (χ0n) is 9.85. The van der Waals surface area contributed by atoms with Crippen molar-refractivity contribution < 1.29 is 8.78 Å². The number of hydrogen-bond acceptors (Lipinski definition) is 1. The average molecular weight is 221 g/mol. The van der Waals surface area contributed by atoms with Crippen LogP contribution in [-0.4, -0.2) is 13.0 Å². The van der Waals surface area contributed by atoms with Gasteiger partial charge in [-0.2, -0.15) is 0 Å². The molecule has 0 aliphatic heterocycles. The minimum Gasteiger partial charge on any atom is -0.330 e. The van der Waals surface area contributed by atoms with Gasteiger partial charge in [0.05, 0.1) is 0 Å². The molecule has 0 heterocycles. The van der Waals surface area contributed by atoms with Gasteiger partial charge in [-0.05, 0) is 31.7 Å². The highest BCUT2D eigenvalue weighted by molar-refractivity contribution is 4.55. The van der Waals surface area contributed by atoms with E-state index in [0.29, 0.717) is 6.42 Å². The fourth-order valence-electron chi connectivity index (χ4n) is 1.76. The van der Waals surface area contributed by atoms with Crippen LogP contribution in [0.15, 0.2) is 0 Å². The summed E-state index contributed by atoms with van der Waals surface area (Å²) in [5.74, 6) is 0.739. The van der Waals surface area contributed by atoms with E-state index in [1.165, 1.54) is 19.3 Å². The third kappa shape index (κ3) is 11.7. The van der Waals surface area contributed by atoms with E-state index in [2.05, 4.69) is 6.92 Å². The standard InChI is InChI=1S/C12H25F2N/c1-11(8-6-10-15)7-4-2-3-5-9-12(13)14/h11-12H,2-10,15H2,1H3. The van der Waals surface area contributed by atoms with Crippen LogP contribution in [0.2, 0.25) is 0 Å². The van der Waals surface area contributed by atoms with Crippen LogP contribution in [0, 0.1) is 5.92 Å². The lowest BCUT2D eigenvalue weighted by Crippen LogP contribution is -2.02. The van der Waals surface area contributed by atoms with Crippen molar-refractivity contribution in [1.82, 2.24) is 0 Å². The molecule has 92 valence electrons. The number of hydrogen-bond donors (Lipinski definition) is 1. The number of nitrogens with two attached hydrogens (primary N) is 1. The summed E-state index contributed by atoms with van der Waals surface area (Å²) in [6.45, 7) is 3.02. The van der Waals surface area contributed by atoms with Crippen LogP contribution in [0.25, 0.3) is 0 Å². The molecule has 0 aliphatic rings. The molecule has 0 saturated heterocycles. The molecule has 0 fully saturated rings. The van der Waals surface area contributed by atoms with Crippen LogP contribution >= 0.6 is 0 Å². The molecule has 1 atom stereocenters. The Labute approximate surface area is 92.4 Å². The molecular formula is C12H25F2N. The first-order valence-corrected chi connectivity index (χ1v) is 6.15. The molecule has 0 spiro atoms. The molecule has 3 heteroatoms. The Balaban J connectivity index is 3.09. The quantitative estimate of drug-likeness (QED) is 0.555. The van der Waals surface area contributed by atoms with Gasteiger partial charge >= 0.3 is 0 Å². The fraction of sp³-hybridized carbons (Fsp3) is 1.00. The first-order chi connectivity index (χ1) is 7.16. The van der Waals surface area contributed by atoms with Crippen LogP contribution in [0.1, 0.15) is 58.3 Å². The number of halogens is 2. The molecule has 0 radical (unpaired) electrons. The molecule has 0 aromatic carbocycles. The molecule has 0 amide bonds. The SMILES string of the molecule is CC(CCCN)CCCCCCC(F)F. The maximum atomic E-state index is 11.8. The van der Waals surface area contributed by atoms with Crippen LogP contribution < -0.4 is 5.73 Å². The van der Waals surface area contributed by atoms with Gasteiger partial charge in [0, 0.05) is 6.42 Å². The Bertz CT molecular complexity index is 129. The van der Waals surface area contributed by atoms with Crippen molar-refractivity contribution in [3.8, 4) is 0 Å². The molecule has 2 N–H and O–H groups in total. The van der Waals surface area contributed by atoms with Crippen molar-refractivity contribution in [3.63, 3.8) is 0 Å². The van der Waals surface area contributed by atoms with E-state index < -0.39 is 6.43 Å². The highest BCUT2D eigenvalue weighted by Crippen LogP contribution is 2.16. The van der Waals surface area contributed by atoms with Gasteiger partial charge in [-0.1, -0.05) is 32.6 Å². The third-order valence-corrected chi connectivity index (χ3v) is 2.77. The topological polar surface area (TPSA) is 26.0 Å². The minimum absolute atomic E-state index is 0.0721. The minimum atomic E-state index is -2.12. The first kappa shape index (κ1) is 14.8. The number of alkyl halides is 2. The second kappa shape index (κ2) is 10.3. The van der Waals surface area contributed by atoms with Gasteiger partial charge in [0.25, 0.3) is 0 Å². The molecule has 0 bridgehead atoms. The van der Waals surface area contributed by atoms with Gasteiger partial charge in [-0.15, -0.1) is 0 Å². The van der Waals surface area contributed by atoms with Crippen LogP contribution in [0.4, 0.5) is 8.78 Å². The second-order valence-corrected chi connectivity index (χ2v) is 4.42. The highest BCUT2D eigenvalue weighted by atomic mass is 19.3. The van der Waals surface area contributed by atoms with E-state index in [1.807, 2.05) is 0 Å². The molecule has 1 nitrogen and oxygen atoms in total. The Morgan fingerprint density at radius 1 is 0.867 bits per heavy atom. The maximum absolute atomic E-state index is 11.8. The fourth-order valence-corrected chi connectivity index (χ4v) is 1.76. The van der Waals surface area contributed by atoms with Gasteiger partial charge in [0.15, 0.2) is 0 Å². The molecule has 0 aromatic rings. The van der Waals surface area contributed by atoms with Crippen molar-refractivity contribution in [2.24, 2.45) is 11.7 Å². The van der Waals surface area contributed by atoms with E-state index >= 15 is 0 Å². The largest absolute Gasteiger partial charge is 0.330 e. The summed E-state index contributed by atoms with van der Waals surface area (Å²) in [6, 6.07) is 0. The van der Waals surface area contributed by atoms with Crippen molar-refractivity contribution in [2.75, 3.05) is 6.54 Å². The molecule has 1 unspecified atom stereocenters. The summed E-state index contributed by atoms with van der Waals surface area (Å²) in [6.07, 6.45) is 5.38. The molecule has 0 saturated carbocycles. The lowest BCUT2D eigenvalue weighted by molar-refractivity contribution is 0.133. The molecule has 0 aliphatic carbocycles. The summed E-state index contributed by atoms with van der Waals surface area (Å²) in [5, 5.41) is 0. The zero-order chi connectivity index (χ0) is 11.5. The lowest BCUT2D eigenvalue weighted by Gasteiger charge is -2.09. The first-order valence-electron chi connectivity index (χ1n) is 6.15. The number of rotatable bonds is 10. The molecule has 0 rings (SSSR count). The zero-order valence-corrected chi connectivity index (χ0v) is 9.85. The summed E-state index contributed by atoms with van der Waals surface area (Å²) in [7, 11) is 0. The van der Waals surface area contributed by atoms with E-state index in [1.54, 1.807) is 0 Å². The monoisotopic (exact) mass is 221 g/mol. The predicted molar refractivity (Wildman–Crippen MR) is 61.2 cm³/mol. The van der Waals surface area contributed by atoms with Crippen molar-refractivity contribution in [3.05, 3.63) is 0 Å². The summed E-state index contributed by atoms with van der Waals surface area (Å²) in [5.41, 5.74) is 5.43. The van der Waals surface area contributed by atoms with Crippen molar-refractivity contribution in [1.29, 1.82) is 0 Å². The predicted octanol–water partition coefficient (Wildman–Crippen LogP) is 3.97. The molecule has 15 heavy (non-hydrogen) atoms. The van der Waals surface area contributed by atoms with E-state index in [4.69, 9.17) is 5.73 Å². The summed E-state index contributed by atoms with van der Waals surface area (Å²) < 4.78 is 23.6. The average Bonchev–Trinajstić information content (AvgIpc) is 2.19. The van der Waals surface area contributed by atoms with Crippen LogP contribution in [-0.2, 0) is 0 Å². The second-order valence-electron chi connectivity index (χ2n) is 4.42. The molecule has 0 aromatic heterocycles.